The van der Waals surface area contributed by atoms with Crippen LogP contribution in [0.4, 0.5) is 0 Å². The van der Waals surface area contributed by atoms with Crippen LogP contribution in [-0.2, 0) is 0 Å². The lowest BCUT2D eigenvalue weighted by atomic mass is 10.0. The molecule has 0 saturated carbocycles. The first-order valence-electron chi connectivity index (χ1n) is 3.87. The molecule has 0 aromatic heterocycles. The Morgan fingerprint density at radius 2 is 1.90 bits per heavy atom. The van der Waals surface area contributed by atoms with Gasteiger partial charge in [-0.3, -0.25) is 0 Å². The minimum absolute atomic E-state index is 0.289. The molecule has 0 aromatic carbocycles. The van der Waals surface area contributed by atoms with Gasteiger partial charge in [0, 0.05) is 0 Å². The van der Waals surface area contributed by atoms with Gasteiger partial charge in [-0.25, -0.2) is 0 Å². The van der Waals surface area contributed by atoms with Crippen molar-refractivity contribution in [1.82, 2.24) is 0 Å². The molecule has 10 heavy (non-hydrogen) atoms. The number of hydrogen-bond acceptors (Lipinski definition) is 1. The highest BCUT2D eigenvalue weighted by Gasteiger charge is 2.04. The van der Waals surface area contributed by atoms with Crippen LogP contribution in [0.25, 0.3) is 0 Å². The molecular formula is C9H18O. The summed E-state index contributed by atoms with van der Waals surface area (Å²) in [5.41, 5.74) is 0.876. The molecule has 1 atom stereocenters. The monoisotopic (exact) mass is 142 g/mol. The zero-order chi connectivity index (χ0) is 8.15. The SMILES string of the molecule is C=C(C)[C@H](O)CCC(C)C. The number of rotatable bonds is 4. The number of aliphatic hydroxyl groups excluding tert-OH is 1. The molecule has 0 aliphatic rings. The van der Waals surface area contributed by atoms with E-state index in [1.165, 1.54) is 0 Å². The third-order valence-electron chi connectivity index (χ3n) is 1.59. The van der Waals surface area contributed by atoms with Crippen LogP contribution in [0.1, 0.15) is 33.6 Å². The van der Waals surface area contributed by atoms with Crippen molar-refractivity contribution in [3.63, 3.8) is 0 Å². The fourth-order valence-electron chi connectivity index (χ4n) is 0.738. The summed E-state index contributed by atoms with van der Waals surface area (Å²) >= 11 is 0. The van der Waals surface area contributed by atoms with Crippen LogP contribution in [0.3, 0.4) is 0 Å². The van der Waals surface area contributed by atoms with Crippen LogP contribution in [-0.4, -0.2) is 11.2 Å². The molecule has 0 amide bonds. The first-order chi connectivity index (χ1) is 4.54. The lowest BCUT2D eigenvalue weighted by molar-refractivity contribution is 0.192. The van der Waals surface area contributed by atoms with Crippen molar-refractivity contribution < 1.29 is 5.11 Å². The standard InChI is InChI=1S/C9H18O/c1-7(2)5-6-9(10)8(3)4/h7,9-10H,3,5-6H2,1-2,4H3/t9-/m1/s1. The summed E-state index contributed by atoms with van der Waals surface area (Å²) < 4.78 is 0. The van der Waals surface area contributed by atoms with Gasteiger partial charge in [-0.2, -0.15) is 0 Å². The molecule has 1 nitrogen and oxygen atoms in total. The fourth-order valence-corrected chi connectivity index (χ4v) is 0.738. The summed E-state index contributed by atoms with van der Waals surface area (Å²) in [7, 11) is 0. The third kappa shape index (κ3) is 4.57. The summed E-state index contributed by atoms with van der Waals surface area (Å²) in [6, 6.07) is 0. The van der Waals surface area contributed by atoms with Gasteiger partial charge in [0.1, 0.15) is 0 Å². The number of hydrogen-bond donors (Lipinski definition) is 1. The van der Waals surface area contributed by atoms with E-state index in [0.29, 0.717) is 5.92 Å². The van der Waals surface area contributed by atoms with E-state index in [2.05, 4.69) is 20.4 Å². The zero-order valence-corrected chi connectivity index (χ0v) is 7.22. The first-order valence-corrected chi connectivity index (χ1v) is 3.87. The Balaban J connectivity index is 3.40. The van der Waals surface area contributed by atoms with Crippen LogP contribution in [0.2, 0.25) is 0 Å². The third-order valence-corrected chi connectivity index (χ3v) is 1.59. The second kappa shape index (κ2) is 4.51. The Morgan fingerprint density at radius 1 is 1.40 bits per heavy atom. The van der Waals surface area contributed by atoms with Gasteiger partial charge in [-0.1, -0.05) is 26.0 Å². The molecular weight excluding hydrogens is 124 g/mol. The van der Waals surface area contributed by atoms with Crippen molar-refractivity contribution in [2.45, 2.75) is 39.7 Å². The molecule has 0 aliphatic heterocycles. The highest BCUT2D eigenvalue weighted by Crippen LogP contribution is 2.10. The summed E-state index contributed by atoms with van der Waals surface area (Å²) in [5, 5.41) is 9.28. The average Bonchev–Trinajstić information content (AvgIpc) is 1.82. The summed E-state index contributed by atoms with van der Waals surface area (Å²) in [6.45, 7) is 9.86. The maximum absolute atomic E-state index is 9.28. The summed E-state index contributed by atoms with van der Waals surface area (Å²) in [6.07, 6.45) is 1.64. The van der Waals surface area contributed by atoms with Crippen molar-refractivity contribution in [3.05, 3.63) is 12.2 Å². The van der Waals surface area contributed by atoms with Crippen molar-refractivity contribution in [3.8, 4) is 0 Å². The molecule has 0 unspecified atom stereocenters. The van der Waals surface area contributed by atoms with Crippen LogP contribution in [0.15, 0.2) is 12.2 Å². The minimum Gasteiger partial charge on any atom is -0.389 e. The van der Waals surface area contributed by atoms with Gasteiger partial charge in [0.25, 0.3) is 0 Å². The highest BCUT2D eigenvalue weighted by atomic mass is 16.3. The van der Waals surface area contributed by atoms with Gasteiger partial charge < -0.3 is 5.11 Å². The quantitative estimate of drug-likeness (QED) is 0.597. The smallest absolute Gasteiger partial charge is 0.0744 e. The molecule has 0 saturated heterocycles. The Bertz CT molecular complexity index is 105. The van der Waals surface area contributed by atoms with E-state index < -0.39 is 0 Å². The molecule has 0 spiro atoms. The Labute approximate surface area is 63.8 Å². The largest absolute Gasteiger partial charge is 0.389 e. The summed E-state index contributed by atoms with van der Waals surface area (Å²) in [4.78, 5) is 0. The minimum atomic E-state index is -0.289. The lowest BCUT2D eigenvalue weighted by Crippen LogP contribution is -2.08. The molecule has 0 fully saturated rings. The Morgan fingerprint density at radius 3 is 2.20 bits per heavy atom. The van der Waals surface area contributed by atoms with Crippen molar-refractivity contribution in [2.24, 2.45) is 5.92 Å². The van der Waals surface area contributed by atoms with Gasteiger partial charge in [0.2, 0.25) is 0 Å². The van der Waals surface area contributed by atoms with Gasteiger partial charge >= 0.3 is 0 Å². The maximum Gasteiger partial charge on any atom is 0.0744 e. The van der Waals surface area contributed by atoms with Crippen LogP contribution in [0, 0.1) is 5.92 Å². The maximum atomic E-state index is 9.28. The Kier molecular flexibility index (Phi) is 4.37. The predicted octanol–water partition coefficient (Wildman–Crippen LogP) is 2.36. The Hall–Kier alpha value is -0.300. The van der Waals surface area contributed by atoms with Gasteiger partial charge in [-0.15, -0.1) is 0 Å². The van der Waals surface area contributed by atoms with Crippen LogP contribution >= 0.6 is 0 Å². The molecule has 60 valence electrons. The molecule has 0 aromatic rings. The average molecular weight is 142 g/mol. The highest BCUT2D eigenvalue weighted by molar-refractivity contribution is 4.96. The first kappa shape index (κ1) is 9.70. The topological polar surface area (TPSA) is 20.2 Å². The van der Waals surface area contributed by atoms with E-state index in [-0.39, 0.29) is 6.10 Å². The molecule has 0 rings (SSSR count). The van der Waals surface area contributed by atoms with Crippen molar-refractivity contribution in [1.29, 1.82) is 0 Å². The van der Waals surface area contributed by atoms with Crippen molar-refractivity contribution >= 4 is 0 Å². The zero-order valence-electron chi connectivity index (χ0n) is 7.22. The van der Waals surface area contributed by atoms with Crippen LogP contribution in [0.5, 0.6) is 0 Å². The van der Waals surface area contributed by atoms with E-state index in [1.54, 1.807) is 0 Å². The van der Waals surface area contributed by atoms with E-state index >= 15 is 0 Å². The molecule has 0 radical (unpaired) electrons. The molecule has 0 aliphatic carbocycles. The van der Waals surface area contributed by atoms with E-state index in [1.807, 2.05) is 6.92 Å². The van der Waals surface area contributed by atoms with Gasteiger partial charge in [0.05, 0.1) is 6.10 Å². The second-order valence-corrected chi connectivity index (χ2v) is 3.33. The van der Waals surface area contributed by atoms with Crippen molar-refractivity contribution in [2.75, 3.05) is 0 Å². The molecule has 0 heterocycles. The molecule has 1 heteroatoms. The lowest BCUT2D eigenvalue weighted by Gasteiger charge is -2.10. The predicted molar refractivity (Wildman–Crippen MR) is 44.9 cm³/mol. The van der Waals surface area contributed by atoms with E-state index in [4.69, 9.17) is 0 Å². The van der Waals surface area contributed by atoms with E-state index in [0.717, 1.165) is 18.4 Å². The fraction of sp³-hybridized carbons (Fsp3) is 0.778. The van der Waals surface area contributed by atoms with Gasteiger partial charge in [-0.05, 0) is 25.7 Å². The second-order valence-electron chi connectivity index (χ2n) is 3.33. The summed E-state index contributed by atoms with van der Waals surface area (Å²) in [5.74, 6) is 0.675. The molecule has 1 N–H and O–H groups in total. The molecule has 0 bridgehead atoms. The van der Waals surface area contributed by atoms with Gasteiger partial charge in [0.15, 0.2) is 0 Å². The van der Waals surface area contributed by atoms with Crippen LogP contribution < -0.4 is 0 Å². The number of aliphatic hydroxyl groups is 1. The normalized spacial score (nSPS) is 13.7. The van der Waals surface area contributed by atoms with E-state index in [9.17, 15) is 5.11 Å².